The van der Waals surface area contributed by atoms with E-state index in [1.807, 2.05) is 49.4 Å². The van der Waals surface area contributed by atoms with E-state index in [1.165, 1.54) is 0 Å². The minimum atomic E-state index is -0.569. The van der Waals surface area contributed by atoms with Gasteiger partial charge in [-0.25, -0.2) is 0 Å². The first kappa shape index (κ1) is 13.9. The molecule has 4 rings (SSSR count). The molecule has 0 bridgehead atoms. The molecule has 0 spiro atoms. The second-order valence-corrected chi connectivity index (χ2v) is 5.85. The van der Waals surface area contributed by atoms with Crippen molar-refractivity contribution in [2.24, 2.45) is 0 Å². The molecular formula is C19H15NO3. The highest BCUT2D eigenvalue weighted by atomic mass is 16.6. The number of carbonyl (C=O) groups excluding carboxylic acids is 1. The van der Waals surface area contributed by atoms with Crippen LogP contribution < -0.4 is 5.56 Å². The third-order valence-electron chi connectivity index (χ3n) is 4.14. The highest BCUT2D eigenvalue weighted by molar-refractivity contribution is 6.01. The molecule has 114 valence electrons. The lowest BCUT2D eigenvalue weighted by Gasteiger charge is -2.02. The van der Waals surface area contributed by atoms with Gasteiger partial charge in [0, 0.05) is 16.6 Å². The molecule has 2 unspecified atom stereocenters. The number of benzene rings is 2. The van der Waals surface area contributed by atoms with Crippen LogP contribution in [-0.4, -0.2) is 16.9 Å². The number of epoxide rings is 1. The van der Waals surface area contributed by atoms with E-state index in [0.29, 0.717) is 11.1 Å². The maximum Gasteiger partial charge on any atom is 0.254 e. The van der Waals surface area contributed by atoms with Crippen molar-refractivity contribution in [2.45, 2.75) is 19.1 Å². The summed E-state index contributed by atoms with van der Waals surface area (Å²) in [5.74, 6) is -0.0839. The number of aromatic amines is 1. The fourth-order valence-corrected chi connectivity index (χ4v) is 2.87. The lowest BCUT2D eigenvalue weighted by atomic mass is 10.0. The highest BCUT2D eigenvalue weighted by Gasteiger charge is 2.47. The molecule has 1 aromatic heterocycles. The monoisotopic (exact) mass is 305 g/mol. The van der Waals surface area contributed by atoms with Gasteiger partial charge < -0.3 is 9.72 Å². The van der Waals surface area contributed by atoms with Crippen molar-refractivity contribution >= 4 is 16.7 Å². The first-order valence-corrected chi connectivity index (χ1v) is 7.52. The Morgan fingerprint density at radius 2 is 1.87 bits per heavy atom. The maximum absolute atomic E-state index is 12.4. The number of ether oxygens (including phenoxy) is 1. The van der Waals surface area contributed by atoms with Crippen LogP contribution in [0.1, 0.15) is 27.6 Å². The van der Waals surface area contributed by atoms with Gasteiger partial charge >= 0.3 is 0 Å². The number of hydrogen-bond acceptors (Lipinski definition) is 3. The summed E-state index contributed by atoms with van der Waals surface area (Å²) in [6.07, 6.45) is -1.03. The van der Waals surface area contributed by atoms with Crippen LogP contribution in [0, 0.1) is 6.92 Å². The summed E-state index contributed by atoms with van der Waals surface area (Å²) in [5, 5.41) is 0.945. The summed E-state index contributed by atoms with van der Waals surface area (Å²) < 4.78 is 5.51. The zero-order valence-electron chi connectivity index (χ0n) is 12.6. The maximum atomic E-state index is 12.4. The van der Waals surface area contributed by atoms with Crippen LogP contribution in [0.5, 0.6) is 0 Å². The molecule has 1 fully saturated rings. The van der Waals surface area contributed by atoms with Crippen molar-refractivity contribution in [1.29, 1.82) is 0 Å². The van der Waals surface area contributed by atoms with Crippen molar-refractivity contribution < 1.29 is 9.53 Å². The molecule has 4 nitrogen and oxygen atoms in total. The molecule has 0 saturated carbocycles. The molecule has 1 aliphatic rings. The molecule has 23 heavy (non-hydrogen) atoms. The number of Topliss-reactive ketones (excluding diaryl/α,β-unsaturated/α-hetero) is 1. The van der Waals surface area contributed by atoms with E-state index in [9.17, 15) is 9.59 Å². The van der Waals surface area contributed by atoms with Gasteiger partial charge in [0.05, 0.1) is 0 Å². The van der Waals surface area contributed by atoms with Crippen molar-refractivity contribution in [3.63, 3.8) is 0 Å². The fraction of sp³-hybridized carbons (Fsp3) is 0.158. The number of H-pyrrole nitrogens is 1. The van der Waals surface area contributed by atoms with Gasteiger partial charge in [-0.2, -0.15) is 0 Å². The Kier molecular flexibility index (Phi) is 3.13. The topological polar surface area (TPSA) is 62.5 Å². The summed E-state index contributed by atoms with van der Waals surface area (Å²) in [7, 11) is 0. The molecule has 0 radical (unpaired) electrons. The van der Waals surface area contributed by atoms with Crippen LogP contribution in [0.25, 0.3) is 10.9 Å². The molecular weight excluding hydrogens is 290 g/mol. The summed E-state index contributed by atoms with van der Waals surface area (Å²) in [5.41, 5.74) is 2.82. The van der Waals surface area contributed by atoms with Crippen LogP contribution in [0.2, 0.25) is 0 Å². The van der Waals surface area contributed by atoms with Crippen molar-refractivity contribution in [1.82, 2.24) is 4.98 Å². The SMILES string of the molecule is Cc1ccc2[nH]c(=O)c(C3OC3C(=O)c3ccccc3)cc2c1. The van der Waals surface area contributed by atoms with E-state index >= 15 is 0 Å². The van der Waals surface area contributed by atoms with Crippen LogP contribution in [0.15, 0.2) is 59.4 Å². The Morgan fingerprint density at radius 1 is 1.09 bits per heavy atom. The number of fused-ring (bicyclic) bond motifs is 1. The van der Waals surface area contributed by atoms with E-state index < -0.39 is 12.2 Å². The largest absolute Gasteiger partial charge is 0.356 e. The number of rotatable bonds is 3. The van der Waals surface area contributed by atoms with Gasteiger partial charge in [-0.1, -0.05) is 42.0 Å². The van der Waals surface area contributed by atoms with Crippen LogP contribution >= 0.6 is 0 Å². The molecule has 3 aromatic rings. The first-order chi connectivity index (χ1) is 11.1. The van der Waals surface area contributed by atoms with Gasteiger partial charge in [-0.15, -0.1) is 0 Å². The predicted molar refractivity (Wildman–Crippen MR) is 87.7 cm³/mol. The Balaban J connectivity index is 1.67. The number of aromatic nitrogens is 1. The van der Waals surface area contributed by atoms with Crippen LogP contribution in [-0.2, 0) is 4.74 Å². The lowest BCUT2D eigenvalue weighted by Crippen LogP contribution is -2.15. The predicted octanol–water partition coefficient (Wildman–Crippen LogP) is 3.16. The summed E-state index contributed by atoms with van der Waals surface area (Å²) >= 11 is 0. The molecule has 2 atom stereocenters. The molecule has 2 aromatic carbocycles. The van der Waals surface area contributed by atoms with Crippen LogP contribution in [0.3, 0.4) is 0 Å². The Bertz CT molecular complexity index is 959. The average Bonchev–Trinajstić information content (AvgIpc) is 3.35. The van der Waals surface area contributed by atoms with Crippen molar-refractivity contribution in [2.75, 3.05) is 0 Å². The molecule has 0 amide bonds. The van der Waals surface area contributed by atoms with E-state index in [-0.39, 0.29) is 11.3 Å². The lowest BCUT2D eigenvalue weighted by molar-refractivity contribution is 0.0953. The Hall–Kier alpha value is -2.72. The average molecular weight is 305 g/mol. The number of ketones is 1. The Morgan fingerprint density at radius 3 is 2.65 bits per heavy atom. The number of hydrogen-bond donors (Lipinski definition) is 1. The van der Waals surface area contributed by atoms with E-state index in [1.54, 1.807) is 12.1 Å². The second kappa shape index (κ2) is 5.18. The van der Waals surface area contributed by atoms with Gasteiger partial charge in [-0.05, 0) is 30.5 Å². The number of nitrogens with one attached hydrogen (secondary N) is 1. The van der Waals surface area contributed by atoms with E-state index in [2.05, 4.69) is 4.98 Å². The standard InChI is InChI=1S/C19H15NO3/c1-11-7-8-15-13(9-11)10-14(19(22)20-15)17-18(23-17)16(21)12-5-3-2-4-6-12/h2-10,17-18H,1H3,(H,20,22). The second-order valence-electron chi connectivity index (χ2n) is 5.85. The third kappa shape index (κ3) is 2.47. The van der Waals surface area contributed by atoms with Gasteiger partial charge in [0.25, 0.3) is 5.56 Å². The van der Waals surface area contributed by atoms with Gasteiger partial charge in [-0.3, -0.25) is 9.59 Å². The normalized spacial score (nSPS) is 19.7. The fourth-order valence-electron chi connectivity index (χ4n) is 2.87. The summed E-state index contributed by atoms with van der Waals surface area (Å²) in [6.45, 7) is 2.00. The number of pyridine rings is 1. The first-order valence-electron chi connectivity index (χ1n) is 7.52. The minimum Gasteiger partial charge on any atom is -0.356 e. The molecule has 0 aliphatic carbocycles. The van der Waals surface area contributed by atoms with Crippen molar-refractivity contribution in [3.8, 4) is 0 Å². The number of aryl methyl sites for hydroxylation is 1. The molecule has 1 saturated heterocycles. The van der Waals surface area contributed by atoms with E-state index in [0.717, 1.165) is 16.5 Å². The molecule has 1 N–H and O–H groups in total. The van der Waals surface area contributed by atoms with E-state index in [4.69, 9.17) is 4.74 Å². The van der Waals surface area contributed by atoms with Gasteiger partial charge in [0.2, 0.25) is 0 Å². The molecule has 1 aliphatic heterocycles. The molecule has 4 heteroatoms. The van der Waals surface area contributed by atoms with Gasteiger partial charge in [0.1, 0.15) is 6.10 Å². The van der Waals surface area contributed by atoms with Crippen LogP contribution in [0.4, 0.5) is 0 Å². The number of carbonyl (C=O) groups is 1. The summed E-state index contributed by atoms with van der Waals surface area (Å²) in [4.78, 5) is 27.5. The smallest absolute Gasteiger partial charge is 0.254 e. The van der Waals surface area contributed by atoms with Gasteiger partial charge in [0.15, 0.2) is 11.9 Å². The third-order valence-corrected chi connectivity index (χ3v) is 4.14. The quantitative estimate of drug-likeness (QED) is 0.597. The Labute approximate surface area is 132 Å². The zero-order valence-corrected chi connectivity index (χ0v) is 12.6. The highest BCUT2D eigenvalue weighted by Crippen LogP contribution is 2.39. The minimum absolute atomic E-state index is 0.0839. The van der Waals surface area contributed by atoms with Crippen molar-refractivity contribution in [3.05, 3.63) is 81.6 Å². The zero-order chi connectivity index (χ0) is 16.0. The summed E-state index contributed by atoms with van der Waals surface area (Å²) in [6, 6.07) is 16.7. The molecule has 2 heterocycles.